The lowest BCUT2D eigenvalue weighted by molar-refractivity contribution is -0.120. The van der Waals surface area contributed by atoms with Crippen LogP contribution in [-0.4, -0.2) is 22.0 Å². The number of hydrogen-bond acceptors (Lipinski definition) is 5. The summed E-state index contributed by atoms with van der Waals surface area (Å²) in [6, 6.07) is 11.8. The van der Waals surface area contributed by atoms with Gasteiger partial charge in [0.1, 0.15) is 11.1 Å². The minimum absolute atomic E-state index is 0.0534. The van der Waals surface area contributed by atoms with Gasteiger partial charge in [-0.2, -0.15) is 0 Å². The number of rotatable bonds is 7. The maximum Gasteiger partial charge on any atom is 0.226 e. The second-order valence-electron chi connectivity index (χ2n) is 7.14. The van der Waals surface area contributed by atoms with Crippen molar-refractivity contribution >= 4 is 33.2 Å². The molecule has 1 aromatic carbocycles. The number of benzene rings is 1. The van der Waals surface area contributed by atoms with Crippen molar-refractivity contribution in [1.82, 2.24) is 15.3 Å². The average molecular weight is 472 g/mol. The van der Waals surface area contributed by atoms with Crippen LogP contribution in [0.5, 0.6) is 5.88 Å². The second kappa shape index (κ2) is 9.50. The Morgan fingerprint density at radius 3 is 2.86 bits per heavy atom. The van der Waals surface area contributed by atoms with Crippen LogP contribution in [0.2, 0.25) is 0 Å². The maximum atomic E-state index is 12.3. The van der Waals surface area contributed by atoms with Crippen molar-refractivity contribution in [2.24, 2.45) is 0 Å². The molecule has 4 rings (SSSR count). The molecule has 1 saturated carbocycles. The lowest BCUT2D eigenvalue weighted by Gasteiger charge is -2.12. The molecule has 1 fully saturated rings. The molecule has 0 atom stereocenters. The van der Waals surface area contributed by atoms with Crippen LogP contribution in [0, 0.1) is 0 Å². The number of carbonyl (C=O) groups is 1. The molecule has 0 saturated heterocycles. The zero-order chi connectivity index (χ0) is 20.1. The Kier molecular flexibility index (Phi) is 6.56. The van der Waals surface area contributed by atoms with Crippen LogP contribution in [0.4, 0.5) is 0 Å². The molecule has 150 valence electrons. The van der Waals surface area contributed by atoms with Gasteiger partial charge in [-0.3, -0.25) is 4.79 Å². The van der Waals surface area contributed by atoms with E-state index < -0.39 is 0 Å². The summed E-state index contributed by atoms with van der Waals surface area (Å²) in [6.07, 6.45) is 7.02. The maximum absolute atomic E-state index is 12.3. The van der Waals surface area contributed by atoms with Crippen LogP contribution in [0.25, 0.3) is 10.6 Å². The van der Waals surface area contributed by atoms with Crippen molar-refractivity contribution < 1.29 is 9.53 Å². The van der Waals surface area contributed by atoms with Gasteiger partial charge in [0.25, 0.3) is 0 Å². The zero-order valence-corrected chi connectivity index (χ0v) is 18.3. The fourth-order valence-corrected chi connectivity index (χ4v) is 4.55. The largest absolute Gasteiger partial charge is 0.474 e. The second-order valence-corrected chi connectivity index (χ2v) is 8.91. The SMILES string of the molecule is O=C(Cc1csc(-c2cccc(Br)c2)n1)NCc1ccc(OC2CCCC2)nc1. The third-order valence-electron chi connectivity index (χ3n) is 4.84. The van der Waals surface area contributed by atoms with E-state index in [4.69, 9.17) is 4.74 Å². The number of nitrogens with zero attached hydrogens (tertiary/aromatic N) is 2. The molecule has 3 aromatic rings. The molecule has 5 nitrogen and oxygen atoms in total. The van der Waals surface area contributed by atoms with Gasteiger partial charge in [-0.15, -0.1) is 11.3 Å². The van der Waals surface area contributed by atoms with Crippen LogP contribution < -0.4 is 10.1 Å². The van der Waals surface area contributed by atoms with E-state index >= 15 is 0 Å². The van der Waals surface area contributed by atoms with E-state index in [1.165, 1.54) is 12.8 Å². The van der Waals surface area contributed by atoms with Crippen molar-refractivity contribution in [2.45, 2.75) is 44.8 Å². The first-order chi connectivity index (χ1) is 14.2. The first-order valence-electron chi connectivity index (χ1n) is 9.74. The molecular formula is C22H22BrN3O2S. The Morgan fingerprint density at radius 2 is 2.10 bits per heavy atom. The highest BCUT2D eigenvalue weighted by Gasteiger charge is 2.17. The van der Waals surface area contributed by atoms with Gasteiger partial charge in [0.15, 0.2) is 0 Å². The number of halogens is 1. The third-order valence-corrected chi connectivity index (χ3v) is 6.28. The summed E-state index contributed by atoms with van der Waals surface area (Å²) in [5, 5.41) is 5.79. The molecule has 0 bridgehead atoms. The molecular weight excluding hydrogens is 450 g/mol. The highest BCUT2D eigenvalue weighted by molar-refractivity contribution is 9.10. The van der Waals surface area contributed by atoms with Crippen LogP contribution in [0.3, 0.4) is 0 Å². The number of carbonyl (C=O) groups excluding carboxylic acids is 1. The average Bonchev–Trinajstić information content (AvgIpc) is 3.40. The van der Waals surface area contributed by atoms with E-state index in [-0.39, 0.29) is 12.3 Å². The monoisotopic (exact) mass is 471 g/mol. The first-order valence-corrected chi connectivity index (χ1v) is 11.4. The Morgan fingerprint density at radius 1 is 1.24 bits per heavy atom. The lowest BCUT2D eigenvalue weighted by Crippen LogP contribution is -2.24. The fourth-order valence-electron chi connectivity index (χ4n) is 3.33. The smallest absolute Gasteiger partial charge is 0.226 e. The molecule has 1 N–H and O–H groups in total. The lowest BCUT2D eigenvalue weighted by atomic mass is 10.2. The molecule has 2 aromatic heterocycles. The van der Waals surface area contributed by atoms with E-state index in [1.54, 1.807) is 17.5 Å². The predicted octanol–water partition coefficient (Wildman–Crippen LogP) is 5.15. The summed E-state index contributed by atoms with van der Waals surface area (Å²) < 4.78 is 6.88. The van der Waals surface area contributed by atoms with E-state index in [1.807, 2.05) is 41.8 Å². The molecule has 0 radical (unpaired) electrons. The van der Waals surface area contributed by atoms with Gasteiger partial charge in [0, 0.05) is 34.2 Å². The van der Waals surface area contributed by atoms with Gasteiger partial charge in [-0.25, -0.2) is 9.97 Å². The Balaban J connectivity index is 1.27. The molecule has 1 aliphatic carbocycles. The third kappa shape index (κ3) is 5.64. The molecule has 1 amide bonds. The van der Waals surface area contributed by atoms with Gasteiger partial charge in [0.05, 0.1) is 12.1 Å². The van der Waals surface area contributed by atoms with E-state index in [0.717, 1.165) is 39.1 Å². The number of ether oxygens (including phenoxy) is 1. The summed E-state index contributed by atoms with van der Waals surface area (Å²) in [6.45, 7) is 0.443. The molecule has 7 heteroatoms. The number of amides is 1. The van der Waals surface area contributed by atoms with Crippen molar-refractivity contribution in [2.75, 3.05) is 0 Å². The molecule has 2 heterocycles. The summed E-state index contributed by atoms with van der Waals surface area (Å²) in [5.41, 5.74) is 2.77. The van der Waals surface area contributed by atoms with E-state index in [9.17, 15) is 4.79 Å². The highest BCUT2D eigenvalue weighted by atomic mass is 79.9. The van der Waals surface area contributed by atoms with E-state index in [2.05, 4.69) is 31.2 Å². The van der Waals surface area contributed by atoms with Crippen LogP contribution in [0.15, 0.2) is 52.4 Å². The van der Waals surface area contributed by atoms with Crippen molar-refractivity contribution in [3.8, 4) is 16.5 Å². The van der Waals surface area contributed by atoms with Crippen molar-refractivity contribution in [1.29, 1.82) is 0 Å². The quantitative estimate of drug-likeness (QED) is 0.517. The van der Waals surface area contributed by atoms with Gasteiger partial charge in [-0.05, 0) is 43.4 Å². The zero-order valence-electron chi connectivity index (χ0n) is 15.9. The number of nitrogens with one attached hydrogen (secondary N) is 1. The van der Waals surface area contributed by atoms with Gasteiger partial charge in [0.2, 0.25) is 11.8 Å². The Bertz CT molecular complexity index is 968. The fraction of sp³-hybridized carbons (Fsp3) is 0.318. The molecule has 29 heavy (non-hydrogen) atoms. The van der Waals surface area contributed by atoms with Crippen molar-refractivity contribution in [3.05, 3.63) is 63.7 Å². The predicted molar refractivity (Wildman–Crippen MR) is 118 cm³/mol. The van der Waals surface area contributed by atoms with Crippen LogP contribution >= 0.6 is 27.3 Å². The van der Waals surface area contributed by atoms with Crippen molar-refractivity contribution in [3.63, 3.8) is 0 Å². The van der Waals surface area contributed by atoms with Gasteiger partial charge in [-0.1, -0.05) is 34.1 Å². The summed E-state index contributed by atoms with van der Waals surface area (Å²) in [4.78, 5) is 21.2. The topological polar surface area (TPSA) is 64.1 Å². The normalized spacial score (nSPS) is 14.1. The highest BCUT2D eigenvalue weighted by Crippen LogP contribution is 2.26. The number of thiazole rings is 1. The standard InChI is InChI=1S/C22H22BrN3O2S/c23-17-5-3-4-16(10-17)22-26-18(14-29-22)11-20(27)24-12-15-8-9-21(25-13-15)28-19-6-1-2-7-19/h3-5,8-10,13-14,19H,1-2,6-7,11-12H2,(H,24,27). The van der Waals surface area contributed by atoms with Gasteiger partial charge < -0.3 is 10.1 Å². The Labute approximate surface area is 182 Å². The molecule has 0 unspecified atom stereocenters. The van der Waals surface area contributed by atoms with Crippen LogP contribution in [-0.2, 0) is 17.8 Å². The minimum Gasteiger partial charge on any atom is -0.474 e. The van der Waals surface area contributed by atoms with E-state index in [0.29, 0.717) is 18.5 Å². The summed E-state index contributed by atoms with van der Waals surface area (Å²) >= 11 is 5.02. The Hall–Kier alpha value is -2.25. The molecule has 0 spiro atoms. The number of aromatic nitrogens is 2. The first kappa shape index (κ1) is 20.0. The number of hydrogen-bond donors (Lipinski definition) is 1. The summed E-state index contributed by atoms with van der Waals surface area (Å²) in [7, 11) is 0. The molecule has 1 aliphatic rings. The van der Waals surface area contributed by atoms with Gasteiger partial charge >= 0.3 is 0 Å². The molecule has 0 aliphatic heterocycles. The minimum atomic E-state index is -0.0534. The van der Waals surface area contributed by atoms with Crippen LogP contribution in [0.1, 0.15) is 36.9 Å². The number of pyridine rings is 1. The summed E-state index contributed by atoms with van der Waals surface area (Å²) in [5.74, 6) is 0.608.